The molecule has 0 spiro atoms. The van der Waals surface area contributed by atoms with Crippen LogP contribution in [0.15, 0.2) is 30.3 Å². The predicted octanol–water partition coefficient (Wildman–Crippen LogP) is 3.72. The van der Waals surface area contributed by atoms with E-state index < -0.39 is 0 Å². The molecule has 1 atom stereocenters. The quantitative estimate of drug-likeness (QED) is 0.644. The number of aliphatic hydroxyl groups excluding tert-OH is 1. The molecule has 1 aliphatic heterocycles. The largest absolute Gasteiger partial charge is 0.490 e. The highest BCUT2D eigenvalue weighted by Crippen LogP contribution is 2.28. The molecule has 8 nitrogen and oxygen atoms in total. The van der Waals surface area contributed by atoms with E-state index >= 15 is 0 Å². The molecule has 1 amide bonds. The van der Waals surface area contributed by atoms with Crippen molar-refractivity contribution in [3.05, 3.63) is 46.6 Å². The number of ether oxygens (including phenoxy) is 1. The highest BCUT2D eigenvalue weighted by Gasteiger charge is 2.26. The molecule has 4 rings (SSSR count). The normalized spacial score (nSPS) is 22.0. The first-order valence-corrected chi connectivity index (χ1v) is 12.2. The number of anilines is 1. The number of halogens is 1. The van der Waals surface area contributed by atoms with Crippen LogP contribution in [0.4, 0.5) is 5.82 Å². The van der Waals surface area contributed by atoms with Gasteiger partial charge in [0.1, 0.15) is 11.8 Å². The standard InChI is InChI=1S/C25H30ClN5O3/c1-16(32)17-10-12-31(13-11-17)24-9-8-23(29-30-24)25(33)28-19-3-6-20(7-4-19)34-21-5-2-18(15-27)22(26)14-21/h2,5,8-9,14,16-17,19-20,32H,3-4,6-7,10-13H2,1H3,(H,28,33)/t16?,19-,20-. The van der Waals surface area contributed by atoms with Crippen molar-refractivity contribution < 1.29 is 14.6 Å². The lowest BCUT2D eigenvalue weighted by Crippen LogP contribution is -2.40. The monoisotopic (exact) mass is 483 g/mol. The van der Waals surface area contributed by atoms with Crippen LogP contribution in [0.25, 0.3) is 0 Å². The highest BCUT2D eigenvalue weighted by molar-refractivity contribution is 6.31. The number of benzene rings is 1. The second-order valence-corrected chi connectivity index (χ2v) is 9.57. The van der Waals surface area contributed by atoms with Crippen LogP contribution < -0.4 is 15.0 Å². The summed E-state index contributed by atoms with van der Waals surface area (Å²) in [5, 5.41) is 30.6. The maximum Gasteiger partial charge on any atom is 0.272 e. The van der Waals surface area contributed by atoms with Crippen LogP contribution >= 0.6 is 11.6 Å². The Labute approximate surface area is 204 Å². The fraction of sp³-hybridized carbons (Fsp3) is 0.520. The minimum atomic E-state index is -0.282. The lowest BCUT2D eigenvalue weighted by Gasteiger charge is -2.33. The first-order chi connectivity index (χ1) is 16.4. The van der Waals surface area contributed by atoms with Crippen LogP contribution in [-0.2, 0) is 0 Å². The highest BCUT2D eigenvalue weighted by atomic mass is 35.5. The molecule has 9 heteroatoms. The second-order valence-electron chi connectivity index (χ2n) is 9.16. The third-order valence-electron chi connectivity index (χ3n) is 6.80. The van der Waals surface area contributed by atoms with Crippen LogP contribution in [0.1, 0.15) is 61.5 Å². The Morgan fingerprint density at radius 3 is 2.50 bits per heavy atom. The zero-order chi connectivity index (χ0) is 24.1. The third kappa shape index (κ3) is 5.96. The smallest absolute Gasteiger partial charge is 0.272 e. The number of amides is 1. The lowest BCUT2D eigenvalue weighted by atomic mass is 9.92. The van der Waals surface area contributed by atoms with E-state index in [1.165, 1.54) is 0 Å². The summed E-state index contributed by atoms with van der Waals surface area (Å²) in [5.74, 6) is 1.54. The SMILES string of the molecule is CC(O)C1CCN(c2ccc(C(=O)N[C@H]3CC[C@H](Oc4ccc(C#N)c(Cl)c4)CC3)nn2)CC1. The van der Waals surface area contributed by atoms with E-state index in [0.29, 0.717) is 27.9 Å². The molecular weight excluding hydrogens is 454 g/mol. The molecular formula is C25H30ClN5O3. The maximum absolute atomic E-state index is 12.7. The van der Waals surface area contributed by atoms with E-state index in [1.807, 2.05) is 19.1 Å². The van der Waals surface area contributed by atoms with E-state index in [9.17, 15) is 9.90 Å². The van der Waals surface area contributed by atoms with E-state index in [0.717, 1.165) is 57.4 Å². The average Bonchev–Trinajstić information content (AvgIpc) is 2.85. The van der Waals surface area contributed by atoms with Gasteiger partial charge in [-0.25, -0.2) is 0 Å². The van der Waals surface area contributed by atoms with Crippen molar-refractivity contribution >= 4 is 23.3 Å². The number of carbonyl (C=O) groups excluding carboxylic acids is 1. The fourth-order valence-electron chi connectivity index (χ4n) is 4.66. The molecule has 1 aromatic carbocycles. The Hall–Kier alpha value is -2.89. The number of rotatable bonds is 6. The topological polar surface area (TPSA) is 111 Å². The fourth-order valence-corrected chi connectivity index (χ4v) is 4.88. The molecule has 1 saturated heterocycles. The molecule has 2 heterocycles. The summed E-state index contributed by atoms with van der Waals surface area (Å²) >= 11 is 6.08. The van der Waals surface area contributed by atoms with Crippen LogP contribution in [0.2, 0.25) is 5.02 Å². The number of aromatic nitrogens is 2. The van der Waals surface area contributed by atoms with Gasteiger partial charge in [-0.3, -0.25) is 4.79 Å². The molecule has 2 fully saturated rings. The van der Waals surface area contributed by atoms with Gasteiger partial charge in [0.05, 0.1) is 22.8 Å². The Bertz CT molecular complexity index is 1020. The number of hydrogen-bond donors (Lipinski definition) is 2. The number of hydrogen-bond acceptors (Lipinski definition) is 7. The molecule has 2 N–H and O–H groups in total. The number of nitriles is 1. The van der Waals surface area contributed by atoms with Gasteiger partial charge in [-0.2, -0.15) is 5.26 Å². The minimum Gasteiger partial charge on any atom is -0.490 e. The molecule has 34 heavy (non-hydrogen) atoms. The number of piperidine rings is 1. The van der Waals surface area contributed by atoms with Gasteiger partial charge >= 0.3 is 0 Å². The summed E-state index contributed by atoms with van der Waals surface area (Å²) in [5.41, 5.74) is 0.741. The van der Waals surface area contributed by atoms with Gasteiger partial charge in [-0.05, 0) is 75.6 Å². The summed E-state index contributed by atoms with van der Waals surface area (Å²) in [6, 6.07) is 10.8. The van der Waals surface area contributed by atoms with Gasteiger partial charge in [0.2, 0.25) is 0 Å². The van der Waals surface area contributed by atoms with E-state index in [-0.39, 0.29) is 24.2 Å². The number of nitrogens with zero attached hydrogens (tertiary/aromatic N) is 4. The zero-order valence-electron chi connectivity index (χ0n) is 19.3. The molecule has 1 saturated carbocycles. The molecule has 180 valence electrons. The van der Waals surface area contributed by atoms with Gasteiger partial charge in [0, 0.05) is 25.2 Å². The van der Waals surface area contributed by atoms with Crippen LogP contribution in [0, 0.1) is 17.2 Å². The van der Waals surface area contributed by atoms with Gasteiger partial charge in [0.25, 0.3) is 5.91 Å². The van der Waals surface area contributed by atoms with Crippen molar-refractivity contribution in [2.24, 2.45) is 5.92 Å². The summed E-state index contributed by atoms with van der Waals surface area (Å²) in [6.07, 6.45) is 4.86. The molecule has 1 aromatic heterocycles. The van der Waals surface area contributed by atoms with Crippen molar-refractivity contribution in [3.63, 3.8) is 0 Å². The Kier molecular flexibility index (Phi) is 7.86. The molecule has 0 radical (unpaired) electrons. The molecule has 1 aliphatic carbocycles. The van der Waals surface area contributed by atoms with Gasteiger partial charge in [-0.15, -0.1) is 10.2 Å². The maximum atomic E-state index is 12.7. The summed E-state index contributed by atoms with van der Waals surface area (Å²) < 4.78 is 6.02. The lowest BCUT2D eigenvalue weighted by molar-refractivity contribution is 0.0888. The van der Waals surface area contributed by atoms with Gasteiger partial charge in [0.15, 0.2) is 11.5 Å². The third-order valence-corrected chi connectivity index (χ3v) is 7.11. The van der Waals surface area contributed by atoms with Crippen molar-refractivity contribution in [2.75, 3.05) is 18.0 Å². The first-order valence-electron chi connectivity index (χ1n) is 11.9. The average molecular weight is 484 g/mol. The van der Waals surface area contributed by atoms with Crippen LogP contribution in [-0.4, -0.2) is 52.6 Å². The number of aliphatic hydroxyl groups is 1. The molecule has 0 bridgehead atoms. The van der Waals surface area contributed by atoms with Crippen LogP contribution in [0.3, 0.4) is 0 Å². The Balaban J connectivity index is 1.23. The molecule has 2 aliphatic rings. The molecule has 2 aromatic rings. The predicted molar refractivity (Wildman–Crippen MR) is 129 cm³/mol. The molecule has 1 unspecified atom stereocenters. The van der Waals surface area contributed by atoms with Gasteiger partial charge in [-0.1, -0.05) is 11.6 Å². The zero-order valence-corrected chi connectivity index (χ0v) is 20.0. The minimum absolute atomic E-state index is 0.0502. The van der Waals surface area contributed by atoms with E-state index in [2.05, 4.69) is 20.4 Å². The van der Waals surface area contributed by atoms with Crippen molar-refractivity contribution in [1.29, 1.82) is 5.26 Å². The first kappa shape index (κ1) is 24.2. The Morgan fingerprint density at radius 1 is 1.18 bits per heavy atom. The number of carbonyl (C=O) groups is 1. The number of nitrogens with one attached hydrogen (secondary N) is 1. The summed E-state index contributed by atoms with van der Waals surface area (Å²) in [7, 11) is 0. The summed E-state index contributed by atoms with van der Waals surface area (Å²) in [4.78, 5) is 14.8. The van der Waals surface area contributed by atoms with Gasteiger partial charge < -0.3 is 20.1 Å². The second kappa shape index (κ2) is 11.0. The van der Waals surface area contributed by atoms with E-state index in [1.54, 1.807) is 24.3 Å². The van der Waals surface area contributed by atoms with Crippen molar-refractivity contribution in [2.45, 2.75) is 63.7 Å². The van der Waals surface area contributed by atoms with E-state index in [4.69, 9.17) is 21.6 Å². The summed E-state index contributed by atoms with van der Waals surface area (Å²) in [6.45, 7) is 3.50. The Morgan fingerprint density at radius 2 is 1.91 bits per heavy atom. The van der Waals surface area contributed by atoms with Crippen LogP contribution in [0.5, 0.6) is 5.75 Å². The van der Waals surface area contributed by atoms with Crippen molar-refractivity contribution in [1.82, 2.24) is 15.5 Å². The van der Waals surface area contributed by atoms with Crippen molar-refractivity contribution in [3.8, 4) is 11.8 Å².